The monoisotopic (exact) mass is 196 g/mol. The van der Waals surface area contributed by atoms with Crippen LogP contribution in [-0.2, 0) is 0 Å². The summed E-state index contributed by atoms with van der Waals surface area (Å²) >= 11 is 0.855. The fourth-order valence-corrected chi connectivity index (χ4v) is 1.50. The minimum Gasteiger partial charge on any atom is -0.391 e. The lowest BCUT2D eigenvalue weighted by Crippen LogP contribution is -2.27. The summed E-state index contributed by atoms with van der Waals surface area (Å²) in [6.07, 6.45) is -4.39. The molecular weight excluding hydrogens is 189 g/mol. The number of hydrogen-bond donors (Lipinski definition) is 2. The van der Waals surface area contributed by atoms with Crippen LogP contribution in [0.5, 0.6) is 0 Å². The molecule has 0 aliphatic heterocycles. The Morgan fingerprint density at radius 2 is 1.92 bits per heavy atom. The van der Waals surface area contributed by atoms with E-state index in [9.17, 15) is 13.2 Å². The van der Waals surface area contributed by atoms with Gasteiger partial charge < -0.3 is 11.5 Å². The smallest absolute Gasteiger partial charge is 0.391 e. The lowest BCUT2D eigenvalue weighted by atomic mass is 10.2. The highest BCUT2D eigenvalue weighted by molar-refractivity contribution is 7.15. The fourth-order valence-electron chi connectivity index (χ4n) is 0.697. The summed E-state index contributed by atoms with van der Waals surface area (Å²) in [5.41, 5.74) is 10.2. The first-order chi connectivity index (χ1) is 5.41. The molecule has 12 heavy (non-hydrogen) atoms. The molecule has 1 atom stereocenters. The molecule has 0 radical (unpaired) electrons. The van der Waals surface area contributed by atoms with E-state index >= 15 is 0 Å². The number of rotatable bonds is 1. The van der Waals surface area contributed by atoms with Gasteiger partial charge in [-0.1, -0.05) is 0 Å². The first-order valence-electron chi connectivity index (χ1n) is 3.09. The van der Waals surface area contributed by atoms with Crippen LogP contribution in [0.25, 0.3) is 0 Å². The molecule has 0 bridgehead atoms. The predicted octanol–water partition coefficient (Wildman–Crippen LogP) is 1.89. The molecule has 6 heteroatoms. The molecule has 1 unspecified atom stereocenters. The van der Waals surface area contributed by atoms with Gasteiger partial charge in [-0.15, -0.1) is 11.3 Å². The van der Waals surface area contributed by atoms with Gasteiger partial charge in [0.2, 0.25) is 0 Å². The molecule has 1 heterocycles. The van der Waals surface area contributed by atoms with Crippen molar-refractivity contribution >= 4 is 16.3 Å². The lowest BCUT2D eigenvalue weighted by Gasteiger charge is -2.12. The number of hydrogen-bond acceptors (Lipinski definition) is 3. The highest BCUT2D eigenvalue weighted by Gasteiger charge is 2.38. The Morgan fingerprint density at radius 1 is 1.33 bits per heavy atom. The Hall–Kier alpha value is -0.750. The Kier molecular flexibility index (Phi) is 2.29. The van der Waals surface area contributed by atoms with E-state index in [4.69, 9.17) is 11.5 Å². The van der Waals surface area contributed by atoms with E-state index in [1.165, 1.54) is 12.1 Å². The van der Waals surface area contributed by atoms with Gasteiger partial charge in [-0.3, -0.25) is 0 Å². The van der Waals surface area contributed by atoms with Crippen molar-refractivity contribution < 1.29 is 13.2 Å². The molecule has 1 aromatic heterocycles. The van der Waals surface area contributed by atoms with Crippen molar-refractivity contribution in [2.75, 3.05) is 5.73 Å². The van der Waals surface area contributed by atoms with Crippen LogP contribution in [0.4, 0.5) is 18.2 Å². The second-order valence-electron chi connectivity index (χ2n) is 2.26. The summed E-state index contributed by atoms with van der Waals surface area (Å²) in [5.74, 6) is 0. The lowest BCUT2D eigenvalue weighted by molar-refractivity contribution is -0.148. The van der Waals surface area contributed by atoms with Gasteiger partial charge in [0.05, 0.1) is 5.00 Å². The number of nitrogens with two attached hydrogens (primary N) is 2. The zero-order valence-electron chi connectivity index (χ0n) is 5.93. The minimum atomic E-state index is -4.39. The van der Waals surface area contributed by atoms with Gasteiger partial charge in [-0.05, 0) is 12.1 Å². The van der Waals surface area contributed by atoms with Crippen LogP contribution < -0.4 is 11.5 Å². The van der Waals surface area contributed by atoms with Crippen molar-refractivity contribution in [2.24, 2.45) is 5.73 Å². The van der Waals surface area contributed by atoms with Gasteiger partial charge in [0.15, 0.2) is 0 Å². The molecular formula is C6H7F3N2S. The third-order valence-corrected chi connectivity index (χ3v) is 2.30. The summed E-state index contributed by atoms with van der Waals surface area (Å²) in [6, 6.07) is 0.781. The Labute approximate surface area is 71.0 Å². The van der Waals surface area contributed by atoms with Gasteiger partial charge in [0.1, 0.15) is 6.04 Å². The molecule has 1 rings (SSSR count). The Bertz CT molecular complexity index is 268. The summed E-state index contributed by atoms with van der Waals surface area (Å²) in [4.78, 5) is 0.0417. The van der Waals surface area contributed by atoms with Crippen LogP contribution >= 0.6 is 11.3 Å². The molecule has 0 fully saturated rings. The normalized spacial score (nSPS) is 14.7. The third-order valence-electron chi connectivity index (χ3n) is 1.31. The van der Waals surface area contributed by atoms with E-state index < -0.39 is 12.2 Å². The van der Waals surface area contributed by atoms with E-state index in [2.05, 4.69) is 0 Å². The second kappa shape index (κ2) is 2.95. The minimum absolute atomic E-state index is 0.0417. The first-order valence-corrected chi connectivity index (χ1v) is 3.90. The predicted molar refractivity (Wildman–Crippen MR) is 41.7 cm³/mol. The SMILES string of the molecule is Nc1ccc(C(N)C(F)(F)F)s1. The molecule has 68 valence electrons. The molecule has 1 aromatic rings. The maximum Gasteiger partial charge on any atom is 0.408 e. The number of alkyl halides is 3. The van der Waals surface area contributed by atoms with Gasteiger partial charge in [0, 0.05) is 4.88 Å². The van der Waals surface area contributed by atoms with E-state index in [0.717, 1.165) is 11.3 Å². The standard InChI is InChI=1S/C6H7F3N2S/c7-6(8,9)5(11)3-1-2-4(10)12-3/h1-2,5H,10-11H2. The second-order valence-corrected chi connectivity index (χ2v) is 3.41. The average Bonchev–Trinajstić information content (AvgIpc) is 2.32. The zero-order valence-corrected chi connectivity index (χ0v) is 6.75. The van der Waals surface area contributed by atoms with Gasteiger partial charge >= 0.3 is 6.18 Å². The van der Waals surface area contributed by atoms with Crippen LogP contribution in [-0.4, -0.2) is 6.18 Å². The summed E-state index contributed by atoms with van der Waals surface area (Å²) in [5, 5.41) is 0.338. The largest absolute Gasteiger partial charge is 0.408 e. The molecule has 0 spiro atoms. The van der Waals surface area contributed by atoms with Crippen molar-refractivity contribution in [1.82, 2.24) is 0 Å². The van der Waals surface area contributed by atoms with Gasteiger partial charge in [0.25, 0.3) is 0 Å². The van der Waals surface area contributed by atoms with E-state index in [0.29, 0.717) is 5.00 Å². The van der Waals surface area contributed by atoms with Gasteiger partial charge in [-0.2, -0.15) is 13.2 Å². The number of thiophene rings is 1. The summed E-state index contributed by atoms with van der Waals surface area (Å²) in [7, 11) is 0. The van der Waals surface area contributed by atoms with Gasteiger partial charge in [-0.25, -0.2) is 0 Å². The highest BCUT2D eigenvalue weighted by atomic mass is 32.1. The van der Waals surface area contributed by atoms with E-state index in [1.807, 2.05) is 0 Å². The molecule has 0 aliphatic rings. The topological polar surface area (TPSA) is 52.0 Å². The van der Waals surface area contributed by atoms with Crippen LogP contribution in [0.15, 0.2) is 12.1 Å². The quantitative estimate of drug-likeness (QED) is 0.720. The van der Waals surface area contributed by atoms with E-state index in [-0.39, 0.29) is 4.88 Å². The maximum atomic E-state index is 12.0. The molecule has 0 saturated heterocycles. The summed E-state index contributed by atoms with van der Waals surface area (Å²) in [6.45, 7) is 0. The fraction of sp³-hybridized carbons (Fsp3) is 0.333. The summed E-state index contributed by atoms with van der Waals surface area (Å²) < 4.78 is 36.0. The van der Waals surface area contributed by atoms with Crippen molar-refractivity contribution in [3.63, 3.8) is 0 Å². The number of nitrogen functional groups attached to an aromatic ring is 1. The molecule has 0 aliphatic carbocycles. The molecule has 0 aromatic carbocycles. The average molecular weight is 196 g/mol. The number of anilines is 1. The molecule has 0 saturated carbocycles. The molecule has 4 N–H and O–H groups in total. The van der Waals surface area contributed by atoms with Crippen LogP contribution in [0.2, 0.25) is 0 Å². The van der Waals surface area contributed by atoms with Crippen LogP contribution in [0.1, 0.15) is 10.9 Å². The zero-order chi connectivity index (χ0) is 9.35. The van der Waals surface area contributed by atoms with E-state index in [1.54, 1.807) is 0 Å². The Balaban J connectivity index is 2.85. The van der Waals surface area contributed by atoms with Crippen LogP contribution in [0.3, 0.4) is 0 Å². The molecule has 2 nitrogen and oxygen atoms in total. The number of halogens is 3. The van der Waals surface area contributed by atoms with Crippen molar-refractivity contribution in [3.8, 4) is 0 Å². The van der Waals surface area contributed by atoms with Crippen molar-refractivity contribution in [1.29, 1.82) is 0 Å². The van der Waals surface area contributed by atoms with Crippen molar-refractivity contribution in [2.45, 2.75) is 12.2 Å². The molecule has 0 amide bonds. The third kappa shape index (κ3) is 1.89. The Morgan fingerprint density at radius 3 is 2.25 bits per heavy atom. The van der Waals surface area contributed by atoms with Crippen molar-refractivity contribution in [3.05, 3.63) is 17.0 Å². The maximum absolute atomic E-state index is 12.0. The van der Waals surface area contributed by atoms with Crippen LogP contribution in [0, 0.1) is 0 Å². The highest BCUT2D eigenvalue weighted by Crippen LogP contribution is 2.34. The first kappa shape index (κ1) is 9.34.